The molecule has 1 heterocycles. The van der Waals surface area contributed by atoms with Crippen LogP contribution in [-0.2, 0) is 4.79 Å². The second-order valence-corrected chi connectivity index (χ2v) is 5.82. The van der Waals surface area contributed by atoms with Crippen molar-refractivity contribution in [3.63, 3.8) is 0 Å². The van der Waals surface area contributed by atoms with Crippen LogP contribution >= 0.6 is 0 Å². The highest BCUT2D eigenvalue weighted by atomic mass is 16.2. The summed E-state index contributed by atoms with van der Waals surface area (Å²) in [6, 6.07) is 16.8. The number of amides is 2. The van der Waals surface area contributed by atoms with Crippen LogP contribution < -0.4 is 5.73 Å². The zero-order chi connectivity index (χ0) is 16.2. The van der Waals surface area contributed by atoms with Crippen LogP contribution in [0, 0.1) is 0 Å². The molecule has 2 N–H and O–H groups in total. The summed E-state index contributed by atoms with van der Waals surface area (Å²) in [5.41, 5.74) is 7.98. The van der Waals surface area contributed by atoms with E-state index in [2.05, 4.69) is 0 Å². The van der Waals surface area contributed by atoms with Gasteiger partial charge in [-0.05, 0) is 36.5 Å². The quantitative estimate of drug-likeness (QED) is 0.947. The van der Waals surface area contributed by atoms with E-state index in [1.165, 1.54) is 0 Å². The Morgan fingerprint density at radius 2 is 1.65 bits per heavy atom. The molecule has 2 aromatic carbocycles. The van der Waals surface area contributed by atoms with Crippen molar-refractivity contribution in [2.24, 2.45) is 5.73 Å². The van der Waals surface area contributed by atoms with E-state index < -0.39 is 11.9 Å². The van der Waals surface area contributed by atoms with Crippen molar-refractivity contribution in [3.8, 4) is 11.1 Å². The van der Waals surface area contributed by atoms with Crippen molar-refractivity contribution in [2.75, 3.05) is 6.54 Å². The van der Waals surface area contributed by atoms with E-state index in [0.717, 1.165) is 24.0 Å². The summed E-state index contributed by atoms with van der Waals surface area (Å²) in [5.74, 6) is -0.539. The Labute approximate surface area is 135 Å². The maximum Gasteiger partial charge on any atom is 0.255 e. The molecule has 0 unspecified atom stereocenters. The van der Waals surface area contributed by atoms with Gasteiger partial charge in [-0.3, -0.25) is 9.59 Å². The summed E-state index contributed by atoms with van der Waals surface area (Å²) in [6.07, 6.45) is 2.48. The lowest BCUT2D eigenvalue weighted by Crippen LogP contribution is -2.50. The Bertz CT molecular complexity index is 712. The van der Waals surface area contributed by atoms with Crippen LogP contribution in [0.4, 0.5) is 0 Å². The van der Waals surface area contributed by atoms with Gasteiger partial charge in [-0.25, -0.2) is 0 Å². The van der Waals surface area contributed by atoms with E-state index in [9.17, 15) is 9.59 Å². The van der Waals surface area contributed by atoms with Gasteiger partial charge in [0.2, 0.25) is 5.91 Å². The number of rotatable bonds is 3. The van der Waals surface area contributed by atoms with Gasteiger partial charge < -0.3 is 10.6 Å². The van der Waals surface area contributed by atoms with E-state index in [4.69, 9.17) is 5.73 Å². The fourth-order valence-corrected chi connectivity index (χ4v) is 3.16. The number of piperidine rings is 1. The molecule has 1 saturated heterocycles. The van der Waals surface area contributed by atoms with Gasteiger partial charge in [0.15, 0.2) is 0 Å². The molecule has 1 aliphatic rings. The number of carbonyl (C=O) groups is 2. The normalized spacial score (nSPS) is 17.7. The number of benzene rings is 2. The molecular formula is C19H20N2O2. The Kier molecular flexibility index (Phi) is 4.42. The van der Waals surface area contributed by atoms with E-state index in [1.54, 1.807) is 4.90 Å². The summed E-state index contributed by atoms with van der Waals surface area (Å²) in [4.78, 5) is 26.3. The summed E-state index contributed by atoms with van der Waals surface area (Å²) < 4.78 is 0. The number of primary amides is 1. The average Bonchev–Trinajstić information content (AvgIpc) is 2.62. The Balaban J connectivity index is 1.98. The van der Waals surface area contributed by atoms with Crippen molar-refractivity contribution in [1.29, 1.82) is 0 Å². The SMILES string of the molecule is NC(=O)[C@H]1CCCCN1C(=O)c1ccccc1-c1ccccc1. The molecule has 0 bridgehead atoms. The molecule has 1 atom stereocenters. The van der Waals surface area contributed by atoms with E-state index in [-0.39, 0.29) is 5.91 Å². The highest BCUT2D eigenvalue weighted by molar-refractivity contribution is 6.02. The van der Waals surface area contributed by atoms with E-state index >= 15 is 0 Å². The molecule has 0 saturated carbocycles. The molecule has 0 aromatic heterocycles. The largest absolute Gasteiger partial charge is 0.368 e. The zero-order valence-corrected chi connectivity index (χ0v) is 12.9. The van der Waals surface area contributed by atoms with Crippen LogP contribution in [0.15, 0.2) is 54.6 Å². The maximum absolute atomic E-state index is 13.0. The van der Waals surface area contributed by atoms with Crippen LogP contribution in [0.5, 0.6) is 0 Å². The van der Waals surface area contributed by atoms with Crippen LogP contribution in [-0.4, -0.2) is 29.3 Å². The molecule has 4 nitrogen and oxygen atoms in total. The molecule has 4 heteroatoms. The van der Waals surface area contributed by atoms with Gasteiger partial charge in [-0.1, -0.05) is 48.5 Å². The number of hydrogen-bond acceptors (Lipinski definition) is 2. The molecule has 0 spiro atoms. The fraction of sp³-hybridized carbons (Fsp3) is 0.263. The summed E-state index contributed by atoms with van der Waals surface area (Å²) in [7, 11) is 0. The lowest BCUT2D eigenvalue weighted by Gasteiger charge is -2.34. The summed E-state index contributed by atoms with van der Waals surface area (Å²) in [6.45, 7) is 0.579. The number of nitrogens with zero attached hydrogens (tertiary/aromatic N) is 1. The second-order valence-electron chi connectivity index (χ2n) is 5.82. The third-order valence-electron chi connectivity index (χ3n) is 4.33. The van der Waals surface area contributed by atoms with Crippen molar-refractivity contribution >= 4 is 11.8 Å². The number of carbonyl (C=O) groups excluding carboxylic acids is 2. The smallest absolute Gasteiger partial charge is 0.255 e. The third kappa shape index (κ3) is 3.11. The van der Waals surface area contributed by atoms with E-state index in [1.807, 2.05) is 54.6 Å². The first-order valence-electron chi connectivity index (χ1n) is 7.93. The average molecular weight is 308 g/mol. The van der Waals surface area contributed by atoms with Crippen molar-refractivity contribution in [3.05, 3.63) is 60.2 Å². The topological polar surface area (TPSA) is 63.4 Å². The minimum atomic E-state index is -0.500. The molecule has 1 aliphatic heterocycles. The summed E-state index contributed by atoms with van der Waals surface area (Å²) >= 11 is 0. The lowest BCUT2D eigenvalue weighted by atomic mass is 9.96. The zero-order valence-electron chi connectivity index (χ0n) is 12.9. The predicted octanol–water partition coefficient (Wildman–Crippen LogP) is 2.83. The maximum atomic E-state index is 13.0. The summed E-state index contributed by atoms with van der Waals surface area (Å²) in [5, 5.41) is 0. The standard InChI is InChI=1S/C19H20N2O2/c20-18(22)17-12-6-7-13-21(17)19(23)16-11-5-4-10-15(16)14-8-2-1-3-9-14/h1-5,8-11,17H,6-7,12-13H2,(H2,20,22)/t17-/m1/s1. The molecule has 0 aliphatic carbocycles. The Hall–Kier alpha value is -2.62. The Morgan fingerprint density at radius 1 is 0.957 bits per heavy atom. The van der Waals surface area contributed by atoms with Crippen molar-refractivity contribution < 1.29 is 9.59 Å². The molecule has 0 radical (unpaired) electrons. The lowest BCUT2D eigenvalue weighted by molar-refractivity contribution is -0.123. The van der Waals surface area contributed by atoms with Gasteiger partial charge in [0.25, 0.3) is 5.91 Å². The van der Waals surface area contributed by atoms with Gasteiger partial charge >= 0.3 is 0 Å². The number of likely N-dealkylation sites (tertiary alicyclic amines) is 1. The van der Waals surface area contributed by atoms with Crippen LogP contribution in [0.2, 0.25) is 0 Å². The molecule has 23 heavy (non-hydrogen) atoms. The molecular weight excluding hydrogens is 288 g/mol. The third-order valence-corrected chi connectivity index (χ3v) is 4.33. The van der Waals surface area contributed by atoms with Crippen molar-refractivity contribution in [2.45, 2.75) is 25.3 Å². The first-order valence-corrected chi connectivity index (χ1v) is 7.93. The highest BCUT2D eigenvalue weighted by Gasteiger charge is 2.32. The van der Waals surface area contributed by atoms with E-state index in [0.29, 0.717) is 18.5 Å². The minimum absolute atomic E-state index is 0.118. The molecule has 2 aromatic rings. The van der Waals surface area contributed by atoms with Crippen LogP contribution in [0.25, 0.3) is 11.1 Å². The predicted molar refractivity (Wildman–Crippen MR) is 89.7 cm³/mol. The monoisotopic (exact) mass is 308 g/mol. The van der Waals surface area contributed by atoms with Crippen LogP contribution in [0.3, 0.4) is 0 Å². The number of nitrogens with two attached hydrogens (primary N) is 1. The Morgan fingerprint density at radius 3 is 2.39 bits per heavy atom. The first kappa shape index (κ1) is 15.3. The minimum Gasteiger partial charge on any atom is -0.368 e. The molecule has 118 valence electrons. The van der Waals surface area contributed by atoms with Gasteiger partial charge in [0.1, 0.15) is 6.04 Å². The highest BCUT2D eigenvalue weighted by Crippen LogP contribution is 2.27. The van der Waals surface area contributed by atoms with Crippen molar-refractivity contribution in [1.82, 2.24) is 4.90 Å². The van der Waals surface area contributed by atoms with Gasteiger partial charge in [0, 0.05) is 12.1 Å². The first-order chi connectivity index (χ1) is 11.2. The van der Waals surface area contributed by atoms with Gasteiger partial charge in [0.05, 0.1) is 0 Å². The molecule has 1 fully saturated rings. The molecule has 2 amide bonds. The van der Waals surface area contributed by atoms with Crippen LogP contribution in [0.1, 0.15) is 29.6 Å². The second kappa shape index (κ2) is 6.65. The molecule has 3 rings (SSSR count). The number of hydrogen-bond donors (Lipinski definition) is 1. The fourth-order valence-electron chi connectivity index (χ4n) is 3.16. The van der Waals surface area contributed by atoms with Gasteiger partial charge in [-0.15, -0.1) is 0 Å². The van der Waals surface area contributed by atoms with Gasteiger partial charge in [-0.2, -0.15) is 0 Å².